The van der Waals surface area contributed by atoms with Crippen LogP contribution >= 0.6 is 15.0 Å². The van der Waals surface area contributed by atoms with Gasteiger partial charge >= 0.3 is 20.7 Å². The van der Waals surface area contributed by atoms with Gasteiger partial charge in [0.1, 0.15) is 30.2 Å². The van der Waals surface area contributed by atoms with Gasteiger partial charge in [-0.1, -0.05) is 0 Å². The van der Waals surface area contributed by atoms with Gasteiger partial charge in [-0.25, -0.2) is 28.5 Å². The lowest BCUT2D eigenvalue weighted by Crippen LogP contribution is -2.38. The summed E-state index contributed by atoms with van der Waals surface area (Å²) in [6.07, 6.45) is -9.76. The van der Waals surface area contributed by atoms with Crippen molar-refractivity contribution in [3.05, 3.63) is 45.8 Å². The molecular formula is C19H25F2N7O11P2S. The Hall–Kier alpha value is -2.55. The van der Waals surface area contributed by atoms with Gasteiger partial charge in [-0.2, -0.15) is 0 Å². The van der Waals surface area contributed by atoms with E-state index in [1.165, 1.54) is 0 Å². The molecular weight excluding hydrogens is 634 g/mol. The summed E-state index contributed by atoms with van der Waals surface area (Å²) in [5.41, 5.74) is 4.01. The summed E-state index contributed by atoms with van der Waals surface area (Å²) in [6, 6.07) is 0.941. The molecule has 4 heterocycles. The van der Waals surface area contributed by atoms with Crippen LogP contribution in [0.15, 0.2) is 34.5 Å². The fraction of sp³-hybridized carbons (Fsp3) is 0.526. The first-order valence-corrected chi connectivity index (χ1v) is 15.6. The van der Waals surface area contributed by atoms with Crippen LogP contribution in [0.3, 0.4) is 0 Å². The van der Waals surface area contributed by atoms with Gasteiger partial charge in [0, 0.05) is 19.4 Å². The Kier molecular flexibility index (Phi) is 10.3. The maximum atomic E-state index is 15.7. The van der Waals surface area contributed by atoms with E-state index < -0.39 is 82.5 Å². The smallest absolute Gasteiger partial charge is 0.330 e. The molecule has 0 amide bonds. The lowest BCUT2D eigenvalue weighted by atomic mass is 10.1. The monoisotopic (exact) mass is 659 g/mol. The zero-order valence-corrected chi connectivity index (χ0v) is 24.0. The second kappa shape index (κ2) is 13.4. The molecule has 1 saturated heterocycles. The molecule has 4 rings (SSSR count). The lowest BCUT2D eigenvalue weighted by molar-refractivity contribution is -0.0703. The van der Waals surface area contributed by atoms with Gasteiger partial charge in [0.05, 0.1) is 19.5 Å². The predicted octanol–water partition coefficient (Wildman–Crippen LogP) is -0.945. The van der Waals surface area contributed by atoms with Gasteiger partial charge in [0.25, 0.3) is 5.56 Å². The molecule has 3 aromatic rings. The average Bonchev–Trinajstić information content (AvgIpc) is 3.49. The number of ether oxygens (including phenoxy) is 2. The van der Waals surface area contributed by atoms with Crippen molar-refractivity contribution in [1.29, 1.82) is 0 Å². The van der Waals surface area contributed by atoms with Gasteiger partial charge in [-0.05, 0) is 11.8 Å². The second-order valence-corrected chi connectivity index (χ2v) is 12.2. The summed E-state index contributed by atoms with van der Waals surface area (Å²) >= 11 is 4.94. The first-order chi connectivity index (χ1) is 19.9. The van der Waals surface area contributed by atoms with E-state index in [0.717, 1.165) is 36.6 Å². The molecule has 0 bridgehead atoms. The van der Waals surface area contributed by atoms with Crippen LogP contribution in [0.5, 0.6) is 0 Å². The van der Waals surface area contributed by atoms with Crippen LogP contribution in [-0.4, -0.2) is 94.9 Å². The number of rotatable bonds is 13. The molecule has 3 aromatic heterocycles. The molecule has 42 heavy (non-hydrogen) atoms. The Balaban J connectivity index is 1.49. The fourth-order valence-corrected chi connectivity index (χ4v) is 5.97. The number of methoxy groups -OCH3 is 1. The summed E-state index contributed by atoms with van der Waals surface area (Å²) in [7, 11) is -2.69. The molecule has 1 aliphatic rings. The van der Waals surface area contributed by atoms with Crippen molar-refractivity contribution < 1.29 is 51.3 Å². The number of halogens is 2. The highest BCUT2D eigenvalue weighted by Crippen LogP contribution is 2.49. The first-order valence-electron chi connectivity index (χ1n) is 11.7. The minimum Gasteiger partial charge on any atom is -0.394 e. The van der Waals surface area contributed by atoms with Crippen LogP contribution in [0, 0.1) is 0 Å². The third-order valence-electron chi connectivity index (χ3n) is 6.04. The number of alkyl halides is 2. The second-order valence-electron chi connectivity index (χ2n) is 8.62. The fourth-order valence-electron chi connectivity index (χ4n) is 4.08. The van der Waals surface area contributed by atoms with Crippen LogP contribution < -0.4 is 17.0 Å². The minimum atomic E-state index is -4.43. The highest BCUT2D eigenvalue weighted by Gasteiger charge is 2.49. The number of imidazole rings is 1. The zero-order valence-electron chi connectivity index (χ0n) is 21.3. The van der Waals surface area contributed by atoms with Gasteiger partial charge in [-0.3, -0.25) is 32.5 Å². The molecule has 23 heteroatoms. The van der Waals surface area contributed by atoms with Crippen molar-refractivity contribution in [2.45, 2.75) is 43.1 Å². The van der Waals surface area contributed by atoms with E-state index in [0.29, 0.717) is 4.57 Å². The van der Waals surface area contributed by atoms with Crippen molar-refractivity contribution in [2.75, 3.05) is 26.1 Å². The van der Waals surface area contributed by atoms with Crippen LogP contribution in [0.2, 0.25) is 0 Å². The van der Waals surface area contributed by atoms with Crippen molar-refractivity contribution in [2.24, 2.45) is 0 Å². The Bertz CT molecular complexity index is 1600. The third kappa shape index (κ3) is 6.98. The SMILES string of the molecule is CO[C@H](COP(O)(=S)O[C@H]1[C@@H](F)[C@H](n2ccc(=O)[nH]c2=O)O[C@@H]1CO)[C@@H](F)[C@@H](O[PH](=O)O)n1cnc2c(N)ncnc21. The van der Waals surface area contributed by atoms with E-state index >= 15 is 8.78 Å². The van der Waals surface area contributed by atoms with Crippen molar-refractivity contribution in [3.63, 3.8) is 0 Å². The molecule has 1 fully saturated rings. The quantitative estimate of drug-likeness (QED) is 0.139. The number of nitrogens with one attached hydrogen (secondary N) is 1. The van der Waals surface area contributed by atoms with Crippen LogP contribution in [0.1, 0.15) is 12.5 Å². The number of H-pyrrole nitrogens is 1. The molecule has 0 radical (unpaired) electrons. The van der Waals surface area contributed by atoms with Crippen molar-refractivity contribution >= 4 is 43.8 Å². The molecule has 1 aliphatic heterocycles. The zero-order chi connectivity index (χ0) is 30.8. The average molecular weight is 659 g/mol. The van der Waals surface area contributed by atoms with E-state index in [2.05, 4.69) is 15.0 Å². The Morgan fingerprint density at radius 1 is 1.36 bits per heavy atom. The van der Waals surface area contributed by atoms with Crippen molar-refractivity contribution in [1.82, 2.24) is 29.1 Å². The molecule has 232 valence electrons. The number of hydrogen-bond acceptors (Lipinski definition) is 14. The van der Waals surface area contributed by atoms with E-state index in [-0.39, 0.29) is 17.0 Å². The summed E-state index contributed by atoms with van der Waals surface area (Å²) in [6.45, 7) is -6.09. The predicted molar refractivity (Wildman–Crippen MR) is 141 cm³/mol. The van der Waals surface area contributed by atoms with Crippen LogP contribution in [0.4, 0.5) is 14.6 Å². The van der Waals surface area contributed by atoms with E-state index in [9.17, 15) is 29.0 Å². The van der Waals surface area contributed by atoms with Crippen LogP contribution in [0.25, 0.3) is 11.2 Å². The Morgan fingerprint density at radius 2 is 2.10 bits per heavy atom. The topological polar surface area (TPSA) is 248 Å². The molecule has 0 aliphatic carbocycles. The molecule has 0 spiro atoms. The van der Waals surface area contributed by atoms with E-state index in [1.54, 1.807) is 0 Å². The molecule has 0 saturated carbocycles. The maximum Gasteiger partial charge on any atom is 0.330 e. The number of nitrogens with two attached hydrogens (primary N) is 1. The summed E-state index contributed by atoms with van der Waals surface area (Å²) in [5.74, 6) is -0.0507. The number of nitrogen functional groups attached to an aromatic ring is 1. The standard InChI is InChI=1S/C19H25F2N7O11P2S/c1-35-9(11(20)18(38-40(32)33)28-7-25-13-15(22)23-6-24-16(13)28)5-36-41(34,42)39-14-8(4-29)37-17(12(14)21)27-3-2-10(30)26-19(27)31/h2-3,6-9,11-12,14,17-18,29,40H,4-5H2,1H3,(H,32,33)(H,34,42)(H2,22,23,24)(H,26,30,31)/t8-,9-,11-,12-,14-,17-,18-,41?/m1/s1. The highest BCUT2D eigenvalue weighted by atomic mass is 32.5. The number of aromatic nitrogens is 6. The molecule has 0 aromatic carbocycles. The number of aromatic amines is 1. The first kappa shape index (κ1) is 32.4. The van der Waals surface area contributed by atoms with Crippen LogP contribution in [-0.2, 0) is 39.4 Å². The summed E-state index contributed by atoms with van der Waals surface area (Å²) in [4.78, 5) is 57.0. The maximum absolute atomic E-state index is 15.7. The Labute approximate surface area is 239 Å². The van der Waals surface area contributed by atoms with Gasteiger partial charge < -0.3 is 34.6 Å². The Morgan fingerprint density at radius 3 is 2.74 bits per heavy atom. The third-order valence-corrected chi connectivity index (χ3v) is 8.04. The lowest BCUT2D eigenvalue weighted by Gasteiger charge is -2.29. The number of aliphatic hydroxyl groups excluding tert-OH is 1. The summed E-state index contributed by atoms with van der Waals surface area (Å²) < 4.78 is 70.1. The molecule has 6 N–H and O–H groups in total. The van der Waals surface area contributed by atoms with Gasteiger partial charge in [-0.15, -0.1) is 0 Å². The highest BCUT2D eigenvalue weighted by molar-refractivity contribution is 8.07. The normalized spacial score (nSPS) is 25.2. The van der Waals surface area contributed by atoms with E-state index in [4.69, 9.17) is 40.6 Å². The van der Waals surface area contributed by atoms with Crippen molar-refractivity contribution in [3.8, 4) is 0 Å². The largest absolute Gasteiger partial charge is 0.394 e. The minimum absolute atomic E-state index is 0.0359. The van der Waals surface area contributed by atoms with Gasteiger partial charge in [0.2, 0.25) is 0 Å². The number of anilines is 1. The number of hydrogen-bond donors (Lipinski definition) is 5. The molecule has 9 atom stereocenters. The number of nitrogens with zero attached hydrogens (tertiary/aromatic N) is 5. The van der Waals surface area contributed by atoms with E-state index in [1.807, 2.05) is 4.98 Å². The summed E-state index contributed by atoms with van der Waals surface area (Å²) in [5, 5.41) is 9.66. The molecule has 2 unspecified atom stereocenters. The number of fused-ring (bicyclic) bond motifs is 1. The molecule has 18 nitrogen and oxygen atoms in total. The number of aliphatic hydroxyl groups is 1. The van der Waals surface area contributed by atoms with Gasteiger partial charge in [0.15, 0.2) is 36.3 Å².